The van der Waals surface area contributed by atoms with Gasteiger partial charge in [-0.15, -0.1) is 0 Å². The van der Waals surface area contributed by atoms with E-state index in [-0.39, 0.29) is 11.1 Å². The van der Waals surface area contributed by atoms with Gasteiger partial charge in [-0.25, -0.2) is 8.78 Å². The minimum Gasteiger partial charge on any atom is -0.484 e. The molecule has 1 aromatic heterocycles. The lowest BCUT2D eigenvalue weighted by atomic mass is 10.0. The highest BCUT2D eigenvalue weighted by atomic mass is 32.1. The Labute approximate surface area is 162 Å². The van der Waals surface area contributed by atoms with Gasteiger partial charge in [0.25, 0.3) is 0 Å². The number of benzene rings is 2. The Morgan fingerprint density at radius 3 is 2.30 bits per heavy atom. The maximum Gasteiger partial charge on any atom is 0.174 e. The predicted molar refractivity (Wildman–Crippen MR) is 107 cm³/mol. The highest BCUT2D eigenvalue weighted by Gasteiger charge is 2.19. The van der Waals surface area contributed by atoms with Crippen molar-refractivity contribution in [3.05, 3.63) is 65.7 Å². The van der Waals surface area contributed by atoms with Crippen molar-refractivity contribution in [2.24, 2.45) is 5.92 Å². The summed E-state index contributed by atoms with van der Waals surface area (Å²) in [6.07, 6.45) is 5.00. The third-order valence-corrected chi connectivity index (χ3v) is 6.26. The van der Waals surface area contributed by atoms with Gasteiger partial charge >= 0.3 is 0 Å². The van der Waals surface area contributed by atoms with E-state index in [0.717, 1.165) is 10.6 Å². The zero-order valence-electron chi connectivity index (χ0n) is 15.3. The fraction of sp³-hybridized carbons (Fsp3) is 0.304. The molecule has 0 aliphatic heterocycles. The lowest BCUT2D eigenvalue weighted by Crippen LogP contribution is -2.06. The normalized spacial score (nSPS) is 14.6. The summed E-state index contributed by atoms with van der Waals surface area (Å²) in [6.45, 7) is 2.68. The zero-order chi connectivity index (χ0) is 18.8. The van der Waals surface area contributed by atoms with Crippen LogP contribution in [-0.4, -0.2) is 6.61 Å². The van der Waals surface area contributed by atoms with Crippen LogP contribution in [0.5, 0.6) is 5.06 Å². The number of hydrogen-bond donors (Lipinski definition) is 0. The Morgan fingerprint density at radius 2 is 1.56 bits per heavy atom. The van der Waals surface area contributed by atoms with E-state index in [1.54, 1.807) is 18.2 Å². The third kappa shape index (κ3) is 3.91. The maximum atomic E-state index is 14.7. The topological polar surface area (TPSA) is 9.23 Å². The van der Waals surface area contributed by atoms with Gasteiger partial charge in [-0.2, -0.15) is 0 Å². The molecule has 1 saturated carbocycles. The van der Waals surface area contributed by atoms with E-state index < -0.39 is 11.6 Å². The van der Waals surface area contributed by atoms with Crippen LogP contribution in [0, 0.1) is 24.5 Å². The van der Waals surface area contributed by atoms with Crippen molar-refractivity contribution in [2.45, 2.75) is 32.6 Å². The average molecular weight is 384 g/mol. The molecular formula is C23H22F2OS. The molecule has 0 radical (unpaired) electrons. The standard InChI is InChI=1S/C23H22F2OS/c1-15-6-8-17(9-7-15)18-10-11-19(23(25)22(18)24)20-12-13-21(27-20)26-14-16-4-2-3-5-16/h6-13,16H,2-5,14H2,1H3. The van der Waals surface area contributed by atoms with Crippen molar-refractivity contribution in [3.63, 3.8) is 0 Å². The number of aryl methyl sites for hydroxylation is 1. The second kappa shape index (κ2) is 7.81. The molecule has 1 fully saturated rings. The predicted octanol–water partition coefficient (Wildman–Crippen LogP) is 7.24. The molecule has 0 amide bonds. The van der Waals surface area contributed by atoms with Crippen LogP contribution in [0.15, 0.2) is 48.5 Å². The third-order valence-electron chi connectivity index (χ3n) is 5.23. The Bertz CT molecular complexity index is 924. The molecule has 0 saturated heterocycles. The summed E-state index contributed by atoms with van der Waals surface area (Å²) < 4.78 is 35.3. The molecule has 1 aliphatic carbocycles. The van der Waals surface area contributed by atoms with Gasteiger partial charge in [0.15, 0.2) is 16.7 Å². The highest BCUT2D eigenvalue weighted by Crippen LogP contribution is 2.38. The first-order valence-electron chi connectivity index (χ1n) is 9.40. The Kier molecular flexibility index (Phi) is 5.26. The van der Waals surface area contributed by atoms with E-state index in [0.29, 0.717) is 23.0 Å². The molecule has 3 aromatic rings. The van der Waals surface area contributed by atoms with E-state index in [1.165, 1.54) is 37.0 Å². The molecular weight excluding hydrogens is 362 g/mol. The van der Waals surface area contributed by atoms with Gasteiger partial charge in [0, 0.05) is 16.0 Å². The number of halogens is 2. The van der Waals surface area contributed by atoms with Crippen LogP contribution in [0.1, 0.15) is 31.2 Å². The van der Waals surface area contributed by atoms with Crippen molar-refractivity contribution >= 4 is 11.3 Å². The summed E-state index contributed by atoms with van der Waals surface area (Å²) in [4.78, 5) is 0.684. The fourth-order valence-electron chi connectivity index (χ4n) is 3.62. The number of rotatable bonds is 5. The van der Waals surface area contributed by atoms with E-state index in [9.17, 15) is 8.78 Å². The molecule has 27 heavy (non-hydrogen) atoms. The van der Waals surface area contributed by atoms with E-state index in [4.69, 9.17) is 4.74 Å². The minimum atomic E-state index is -0.808. The highest BCUT2D eigenvalue weighted by molar-refractivity contribution is 7.17. The van der Waals surface area contributed by atoms with Crippen LogP contribution in [-0.2, 0) is 0 Å². The molecule has 0 bridgehead atoms. The molecule has 140 valence electrons. The molecule has 4 rings (SSSR count). The smallest absolute Gasteiger partial charge is 0.174 e. The first kappa shape index (κ1) is 18.2. The van der Waals surface area contributed by atoms with Crippen LogP contribution < -0.4 is 4.74 Å². The van der Waals surface area contributed by atoms with Crippen LogP contribution in [0.4, 0.5) is 8.78 Å². The van der Waals surface area contributed by atoms with E-state index in [1.807, 2.05) is 37.3 Å². The first-order valence-corrected chi connectivity index (χ1v) is 10.2. The molecule has 1 aliphatic rings. The van der Waals surface area contributed by atoms with E-state index in [2.05, 4.69) is 0 Å². The summed E-state index contributed by atoms with van der Waals surface area (Å²) in [5.74, 6) is -0.992. The van der Waals surface area contributed by atoms with Gasteiger partial charge in [0.2, 0.25) is 0 Å². The van der Waals surface area contributed by atoms with Crippen molar-refractivity contribution in [2.75, 3.05) is 6.61 Å². The molecule has 0 N–H and O–H groups in total. The van der Waals surface area contributed by atoms with Gasteiger partial charge < -0.3 is 4.74 Å². The van der Waals surface area contributed by atoms with Crippen LogP contribution in [0.25, 0.3) is 21.6 Å². The first-order chi connectivity index (χ1) is 13.1. The van der Waals surface area contributed by atoms with Crippen molar-refractivity contribution in [1.82, 2.24) is 0 Å². The molecule has 0 unspecified atom stereocenters. The lowest BCUT2D eigenvalue weighted by Gasteiger charge is -2.09. The quantitative estimate of drug-likeness (QED) is 0.450. The van der Waals surface area contributed by atoms with E-state index >= 15 is 0 Å². The molecule has 2 aromatic carbocycles. The van der Waals surface area contributed by atoms with Gasteiger partial charge in [-0.3, -0.25) is 0 Å². The number of hydrogen-bond acceptors (Lipinski definition) is 2. The summed E-state index contributed by atoms with van der Waals surface area (Å²) in [7, 11) is 0. The Hall–Kier alpha value is -2.20. The molecule has 4 heteroatoms. The van der Waals surface area contributed by atoms with Gasteiger partial charge in [0.05, 0.1) is 6.61 Å². The second-order valence-corrected chi connectivity index (χ2v) is 8.28. The zero-order valence-corrected chi connectivity index (χ0v) is 16.1. The van der Waals surface area contributed by atoms with Crippen molar-refractivity contribution in [1.29, 1.82) is 0 Å². The maximum absolute atomic E-state index is 14.7. The minimum absolute atomic E-state index is 0.282. The number of thiophene rings is 1. The molecule has 1 heterocycles. The molecule has 0 spiro atoms. The summed E-state index contributed by atoms with van der Waals surface area (Å²) in [6, 6.07) is 14.4. The monoisotopic (exact) mass is 384 g/mol. The summed E-state index contributed by atoms with van der Waals surface area (Å²) in [5.41, 5.74) is 2.32. The van der Waals surface area contributed by atoms with Crippen LogP contribution >= 0.6 is 11.3 Å². The average Bonchev–Trinajstić information content (AvgIpc) is 3.35. The summed E-state index contributed by atoms with van der Waals surface area (Å²) in [5, 5.41) is 0.763. The fourth-order valence-corrected chi connectivity index (χ4v) is 4.50. The summed E-state index contributed by atoms with van der Waals surface area (Å²) >= 11 is 1.37. The van der Waals surface area contributed by atoms with Gasteiger partial charge in [-0.05, 0) is 49.4 Å². The molecule has 1 nitrogen and oxygen atoms in total. The Morgan fingerprint density at radius 1 is 0.889 bits per heavy atom. The van der Waals surface area contributed by atoms with Crippen LogP contribution in [0.2, 0.25) is 0 Å². The SMILES string of the molecule is Cc1ccc(-c2ccc(-c3ccc(OCC4CCCC4)s3)c(F)c2F)cc1. The molecule has 0 atom stereocenters. The van der Waals surface area contributed by atoms with Crippen LogP contribution in [0.3, 0.4) is 0 Å². The lowest BCUT2D eigenvalue weighted by molar-refractivity contribution is 0.259. The largest absolute Gasteiger partial charge is 0.484 e. The van der Waals surface area contributed by atoms with Crippen molar-refractivity contribution < 1.29 is 13.5 Å². The second-order valence-electron chi connectivity index (χ2n) is 7.23. The Balaban J connectivity index is 1.55. The number of ether oxygens (including phenoxy) is 1. The van der Waals surface area contributed by atoms with Gasteiger partial charge in [0.1, 0.15) is 0 Å². The van der Waals surface area contributed by atoms with Gasteiger partial charge in [-0.1, -0.05) is 60.1 Å². The van der Waals surface area contributed by atoms with Crippen molar-refractivity contribution in [3.8, 4) is 26.6 Å².